The lowest BCUT2D eigenvalue weighted by atomic mass is 10.0. The average Bonchev–Trinajstić information content (AvgIpc) is 3.36. The van der Waals surface area contributed by atoms with Crippen molar-refractivity contribution in [1.29, 1.82) is 0 Å². The summed E-state index contributed by atoms with van der Waals surface area (Å²) in [6.45, 7) is 0.716. The summed E-state index contributed by atoms with van der Waals surface area (Å²) in [7, 11) is 0. The van der Waals surface area contributed by atoms with Crippen LogP contribution in [0.3, 0.4) is 0 Å². The number of aromatic amines is 1. The van der Waals surface area contributed by atoms with Crippen molar-refractivity contribution in [3.8, 4) is 17.0 Å². The minimum Gasteiger partial charge on any atom is -0.487 e. The molecule has 5 rings (SSSR count). The Balaban J connectivity index is 1.19. The Morgan fingerprint density at radius 2 is 2.10 bits per heavy atom. The maximum Gasteiger partial charge on any atom is 0.326 e. The summed E-state index contributed by atoms with van der Waals surface area (Å²) < 4.78 is 7.71. The quantitative estimate of drug-likeness (QED) is 0.503. The summed E-state index contributed by atoms with van der Waals surface area (Å²) in [4.78, 5) is 35.8. The summed E-state index contributed by atoms with van der Waals surface area (Å²) in [5.74, 6) is 0.679. The number of aromatic nitrogens is 4. The first-order valence-electron chi connectivity index (χ1n) is 10.2. The van der Waals surface area contributed by atoms with Gasteiger partial charge in [0.1, 0.15) is 11.9 Å². The van der Waals surface area contributed by atoms with Crippen molar-refractivity contribution in [1.82, 2.24) is 24.8 Å². The number of nitrogens with zero attached hydrogens (tertiary/aromatic N) is 3. The van der Waals surface area contributed by atoms with Crippen molar-refractivity contribution >= 4 is 16.9 Å². The highest BCUT2D eigenvalue weighted by molar-refractivity contribution is 5.77. The number of hydrogen-bond donors (Lipinski definition) is 2. The number of H-pyrrole nitrogens is 1. The number of benzene rings is 2. The third-order valence-electron chi connectivity index (χ3n) is 5.44. The van der Waals surface area contributed by atoms with Crippen molar-refractivity contribution < 1.29 is 9.53 Å². The van der Waals surface area contributed by atoms with Gasteiger partial charge in [-0.2, -0.15) is 0 Å². The lowest BCUT2D eigenvalue weighted by molar-refractivity contribution is -0.121. The Labute approximate surface area is 177 Å². The molecule has 2 aromatic heterocycles. The molecule has 0 saturated heterocycles. The zero-order chi connectivity index (χ0) is 21.2. The third kappa shape index (κ3) is 3.79. The second-order valence-electron chi connectivity index (χ2n) is 7.48. The number of imidazole rings is 1. The number of ether oxygens (including phenoxy) is 1. The molecule has 1 atom stereocenters. The molecule has 31 heavy (non-hydrogen) atoms. The predicted octanol–water partition coefficient (Wildman–Crippen LogP) is 2.30. The van der Waals surface area contributed by atoms with E-state index in [1.807, 2.05) is 42.5 Å². The van der Waals surface area contributed by atoms with E-state index in [1.54, 1.807) is 23.2 Å². The Hall–Kier alpha value is -3.94. The van der Waals surface area contributed by atoms with Gasteiger partial charge in [-0.25, -0.2) is 4.79 Å². The first-order chi connectivity index (χ1) is 15.2. The molecular weight excluding hydrogens is 394 g/mol. The van der Waals surface area contributed by atoms with Gasteiger partial charge in [0.2, 0.25) is 5.91 Å². The zero-order valence-corrected chi connectivity index (χ0v) is 16.7. The number of rotatable bonds is 6. The monoisotopic (exact) mass is 415 g/mol. The first kappa shape index (κ1) is 19.0. The van der Waals surface area contributed by atoms with E-state index in [0.717, 1.165) is 33.6 Å². The van der Waals surface area contributed by atoms with Gasteiger partial charge in [-0.15, -0.1) is 0 Å². The maximum atomic E-state index is 12.4. The number of aryl methyl sites for hydroxylation is 1. The number of nitrogens with one attached hydrogen (secondary N) is 2. The van der Waals surface area contributed by atoms with Crippen LogP contribution in [-0.4, -0.2) is 38.1 Å². The van der Waals surface area contributed by atoms with Gasteiger partial charge in [-0.1, -0.05) is 24.3 Å². The number of fused-ring (bicyclic) bond motifs is 2. The van der Waals surface area contributed by atoms with E-state index in [1.165, 1.54) is 0 Å². The molecule has 156 valence electrons. The largest absolute Gasteiger partial charge is 0.487 e. The summed E-state index contributed by atoms with van der Waals surface area (Å²) >= 11 is 0. The van der Waals surface area contributed by atoms with Crippen molar-refractivity contribution in [3.05, 3.63) is 77.1 Å². The van der Waals surface area contributed by atoms with Gasteiger partial charge in [0.05, 0.1) is 29.5 Å². The Bertz CT molecular complexity index is 1300. The van der Waals surface area contributed by atoms with E-state index in [4.69, 9.17) is 4.74 Å². The standard InChI is InChI=1S/C23H21N5O3/c29-21(8-11-28-20-7-2-1-6-18(20)27-23(28)30)26-13-16-12-15-4-3-5-17(22(15)31-16)19-14-24-9-10-25-19/h1-7,9-10,14,16H,8,11-13H2,(H,26,29)(H,27,30). The van der Waals surface area contributed by atoms with Crippen LogP contribution in [-0.2, 0) is 17.8 Å². The van der Waals surface area contributed by atoms with Gasteiger partial charge in [0.15, 0.2) is 0 Å². The van der Waals surface area contributed by atoms with Gasteiger partial charge in [-0.3, -0.25) is 19.3 Å². The lowest BCUT2D eigenvalue weighted by Gasteiger charge is -2.13. The Kier molecular flexibility index (Phi) is 4.95. The van der Waals surface area contributed by atoms with Crippen LogP contribution in [0.5, 0.6) is 5.75 Å². The topological polar surface area (TPSA) is 102 Å². The maximum absolute atomic E-state index is 12.4. The molecule has 0 spiro atoms. The molecule has 1 aliphatic heterocycles. The molecule has 0 fully saturated rings. The van der Waals surface area contributed by atoms with Crippen LogP contribution in [0.4, 0.5) is 0 Å². The third-order valence-corrected chi connectivity index (χ3v) is 5.44. The van der Waals surface area contributed by atoms with Gasteiger partial charge in [0, 0.05) is 37.3 Å². The fraction of sp³-hybridized carbons (Fsp3) is 0.217. The first-order valence-corrected chi connectivity index (χ1v) is 10.2. The average molecular weight is 415 g/mol. The molecule has 8 heteroatoms. The van der Waals surface area contributed by atoms with Crippen molar-refractivity contribution in [2.75, 3.05) is 6.54 Å². The van der Waals surface area contributed by atoms with Crippen LogP contribution in [0.2, 0.25) is 0 Å². The second kappa shape index (κ2) is 8.06. The molecule has 0 radical (unpaired) electrons. The highest BCUT2D eigenvalue weighted by atomic mass is 16.5. The number of para-hydroxylation sites is 3. The summed E-state index contributed by atoms with van der Waals surface area (Å²) in [5.41, 5.74) is 4.11. The summed E-state index contributed by atoms with van der Waals surface area (Å²) in [6, 6.07) is 13.4. The normalized spacial score (nSPS) is 14.9. The number of hydrogen-bond acceptors (Lipinski definition) is 5. The summed E-state index contributed by atoms with van der Waals surface area (Å²) in [6.07, 6.45) is 5.78. The summed E-state index contributed by atoms with van der Waals surface area (Å²) in [5, 5.41) is 2.93. The molecule has 4 aromatic rings. The van der Waals surface area contributed by atoms with Crippen molar-refractivity contribution in [3.63, 3.8) is 0 Å². The Morgan fingerprint density at radius 1 is 1.19 bits per heavy atom. The van der Waals surface area contributed by atoms with E-state index in [2.05, 4.69) is 20.3 Å². The van der Waals surface area contributed by atoms with Crippen LogP contribution in [0, 0.1) is 0 Å². The minimum absolute atomic E-state index is 0.120. The van der Waals surface area contributed by atoms with Crippen molar-refractivity contribution in [2.24, 2.45) is 0 Å². The van der Waals surface area contributed by atoms with Crippen LogP contribution < -0.4 is 15.7 Å². The number of amides is 1. The molecule has 3 heterocycles. The van der Waals surface area contributed by atoms with E-state index in [9.17, 15) is 9.59 Å². The SMILES string of the molecule is O=C(CCn1c(=O)[nH]c2ccccc21)NCC1Cc2cccc(-c3cnccn3)c2O1. The van der Waals surface area contributed by atoms with Crippen LogP contribution in [0.15, 0.2) is 65.8 Å². The molecule has 0 bridgehead atoms. The van der Waals surface area contributed by atoms with Crippen LogP contribution in [0.25, 0.3) is 22.3 Å². The predicted molar refractivity (Wildman–Crippen MR) is 116 cm³/mol. The number of carbonyl (C=O) groups excluding carboxylic acids is 1. The molecule has 0 saturated carbocycles. The molecular formula is C23H21N5O3. The van der Waals surface area contributed by atoms with E-state index in [-0.39, 0.29) is 24.1 Å². The molecule has 2 aromatic carbocycles. The van der Waals surface area contributed by atoms with Gasteiger partial charge in [-0.05, 0) is 23.8 Å². The Morgan fingerprint density at radius 3 is 2.97 bits per heavy atom. The van der Waals surface area contributed by atoms with Gasteiger partial charge >= 0.3 is 5.69 Å². The van der Waals surface area contributed by atoms with Crippen LogP contribution in [0.1, 0.15) is 12.0 Å². The van der Waals surface area contributed by atoms with Crippen LogP contribution >= 0.6 is 0 Å². The van der Waals surface area contributed by atoms with Crippen molar-refractivity contribution in [2.45, 2.75) is 25.5 Å². The second-order valence-corrected chi connectivity index (χ2v) is 7.48. The minimum atomic E-state index is -0.208. The van der Waals surface area contributed by atoms with E-state index >= 15 is 0 Å². The molecule has 1 aliphatic rings. The van der Waals surface area contributed by atoms with E-state index < -0.39 is 0 Å². The highest BCUT2D eigenvalue weighted by Gasteiger charge is 2.26. The molecule has 1 unspecified atom stereocenters. The smallest absolute Gasteiger partial charge is 0.326 e. The molecule has 8 nitrogen and oxygen atoms in total. The fourth-order valence-corrected chi connectivity index (χ4v) is 3.95. The molecule has 0 aliphatic carbocycles. The molecule has 1 amide bonds. The number of carbonyl (C=O) groups is 1. The highest BCUT2D eigenvalue weighted by Crippen LogP contribution is 2.37. The van der Waals surface area contributed by atoms with Gasteiger partial charge < -0.3 is 15.0 Å². The van der Waals surface area contributed by atoms with Gasteiger partial charge in [0.25, 0.3) is 0 Å². The molecule has 2 N–H and O–H groups in total. The van der Waals surface area contributed by atoms with E-state index in [0.29, 0.717) is 19.5 Å². The lowest BCUT2D eigenvalue weighted by Crippen LogP contribution is -2.35. The fourth-order valence-electron chi connectivity index (χ4n) is 3.95. The zero-order valence-electron chi connectivity index (χ0n) is 16.7.